The van der Waals surface area contributed by atoms with E-state index < -0.39 is 10.0 Å². The molecule has 162 valence electrons. The molecule has 0 aliphatic heterocycles. The topological polar surface area (TPSA) is 76.3 Å². The van der Waals surface area contributed by atoms with E-state index >= 15 is 0 Å². The van der Waals surface area contributed by atoms with E-state index in [0.717, 1.165) is 27.0 Å². The highest BCUT2D eigenvalue weighted by Gasteiger charge is 2.13. The van der Waals surface area contributed by atoms with E-state index in [1.165, 1.54) is 0 Å². The van der Waals surface area contributed by atoms with Crippen LogP contribution in [-0.2, 0) is 10.0 Å². The van der Waals surface area contributed by atoms with Crippen LogP contribution in [0.3, 0.4) is 0 Å². The van der Waals surface area contributed by atoms with Crippen molar-refractivity contribution in [1.29, 1.82) is 0 Å². The van der Waals surface area contributed by atoms with Crippen molar-refractivity contribution in [3.63, 3.8) is 0 Å². The summed E-state index contributed by atoms with van der Waals surface area (Å²) in [5, 5.41) is 4.76. The fraction of sp³-hybridized carbons (Fsp3) is 0.0833. The van der Waals surface area contributed by atoms with Gasteiger partial charge in [0.25, 0.3) is 0 Å². The number of benzene rings is 3. The average molecular weight is 509 g/mol. The average Bonchev–Trinajstić information content (AvgIpc) is 3.24. The first-order valence-electron chi connectivity index (χ1n) is 9.98. The van der Waals surface area contributed by atoms with Crippen LogP contribution in [0.15, 0.2) is 105 Å². The van der Waals surface area contributed by atoms with Gasteiger partial charge >= 0.3 is 0 Å². The third kappa shape index (κ3) is 5.40. The number of nitrogens with one attached hydrogen (secondary N) is 1. The number of hydrogen-bond donors (Lipinski definition) is 1. The Balaban J connectivity index is 1.52. The second-order valence-electron chi connectivity index (χ2n) is 6.97. The Labute approximate surface area is 195 Å². The van der Waals surface area contributed by atoms with Gasteiger partial charge in [-0.2, -0.15) is 5.10 Å². The van der Waals surface area contributed by atoms with Gasteiger partial charge in [-0.1, -0.05) is 64.5 Å². The predicted molar refractivity (Wildman–Crippen MR) is 131 cm³/mol. The molecule has 6 nitrogen and oxygen atoms in total. The quantitative estimate of drug-likeness (QED) is 0.276. The lowest BCUT2D eigenvalue weighted by atomic mass is 10.1. The first-order chi connectivity index (χ1) is 15.5. The summed E-state index contributed by atoms with van der Waals surface area (Å²) in [6.07, 6.45) is 3.66. The first-order valence-corrected chi connectivity index (χ1v) is 12.3. The lowest BCUT2D eigenvalue weighted by Gasteiger charge is -2.04. The molecule has 0 amide bonds. The summed E-state index contributed by atoms with van der Waals surface area (Å²) in [7, 11) is -3.54. The lowest BCUT2D eigenvalue weighted by Crippen LogP contribution is -2.26. The molecule has 4 rings (SSSR count). The molecule has 8 heteroatoms. The van der Waals surface area contributed by atoms with Gasteiger partial charge in [-0.3, -0.25) is 4.99 Å². The number of aliphatic imine (C=N–C) groups is 1. The SMILES string of the molecule is O=S(=O)(NCCN=Cc1cn(-c2ccccc2)nc1-c1cccc(Br)c1)c1ccccc1. The molecule has 0 fully saturated rings. The smallest absolute Gasteiger partial charge is 0.240 e. The molecule has 32 heavy (non-hydrogen) atoms. The zero-order chi connectivity index (χ0) is 22.4. The second-order valence-corrected chi connectivity index (χ2v) is 9.65. The van der Waals surface area contributed by atoms with Crippen molar-refractivity contribution in [2.45, 2.75) is 4.90 Å². The lowest BCUT2D eigenvalue weighted by molar-refractivity contribution is 0.582. The highest BCUT2D eigenvalue weighted by molar-refractivity contribution is 9.10. The van der Waals surface area contributed by atoms with Crippen LogP contribution in [0.25, 0.3) is 16.9 Å². The summed E-state index contributed by atoms with van der Waals surface area (Å²) < 4.78 is 30.0. The molecular formula is C24H21BrN4O2S. The van der Waals surface area contributed by atoms with Gasteiger partial charge in [0, 0.05) is 34.6 Å². The summed E-state index contributed by atoms with van der Waals surface area (Å²) >= 11 is 3.51. The van der Waals surface area contributed by atoms with E-state index in [2.05, 4.69) is 25.6 Å². The van der Waals surface area contributed by atoms with Crippen molar-refractivity contribution < 1.29 is 8.42 Å². The summed E-state index contributed by atoms with van der Waals surface area (Å²) in [5.74, 6) is 0. The normalized spacial score (nSPS) is 11.8. The predicted octanol–water partition coefficient (Wildman–Crippen LogP) is 4.70. The monoisotopic (exact) mass is 508 g/mol. The molecule has 0 radical (unpaired) electrons. The molecule has 0 bridgehead atoms. The molecular weight excluding hydrogens is 488 g/mol. The van der Waals surface area contributed by atoms with E-state index in [4.69, 9.17) is 5.10 Å². The minimum atomic E-state index is -3.54. The van der Waals surface area contributed by atoms with E-state index in [1.807, 2.05) is 65.5 Å². The Morgan fingerprint density at radius 2 is 1.69 bits per heavy atom. The summed E-state index contributed by atoms with van der Waals surface area (Å²) in [5.41, 5.74) is 3.54. The van der Waals surface area contributed by atoms with Crippen LogP contribution in [0, 0.1) is 0 Å². The van der Waals surface area contributed by atoms with Crippen molar-refractivity contribution in [3.05, 3.63) is 101 Å². The maximum Gasteiger partial charge on any atom is 0.240 e. The zero-order valence-electron chi connectivity index (χ0n) is 17.1. The highest BCUT2D eigenvalue weighted by atomic mass is 79.9. The third-order valence-electron chi connectivity index (χ3n) is 4.68. The Bertz CT molecular complexity index is 1320. The molecule has 0 aliphatic rings. The number of sulfonamides is 1. The first kappa shape index (κ1) is 22.1. The van der Waals surface area contributed by atoms with Gasteiger partial charge in [-0.25, -0.2) is 17.8 Å². The van der Waals surface area contributed by atoms with Gasteiger partial charge in [0.05, 0.1) is 17.1 Å². The number of aromatic nitrogens is 2. The van der Waals surface area contributed by atoms with Crippen LogP contribution in [0.1, 0.15) is 5.56 Å². The molecule has 3 aromatic carbocycles. The van der Waals surface area contributed by atoms with Gasteiger partial charge in [0.15, 0.2) is 0 Å². The summed E-state index contributed by atoms with van der Waals surface area (Å²) in [4.78, 5) is 4.68. The summed E-state index contributed by atoms with van der Waals surface area (Å²) in [6, 6.07) is 26.1. The maximum absolute atomic E-state index is 12.3. The second kappa shape index (κ2) is 10.0. The van der Waals surface area contributed by atoms with E-state index in [1.54, 1.807) is 36.5 Å². The Kier molecular flexibility index (Phi) is 6.94. The fourth-order valence-corrected chi connectivity index (χ4v) is 4.59. The van der Waals surface area contributed by atoms with Gasteiger partial charge < -0.3 is 0 Å². The molecule has 0 unspecified atom stereocenters. The molecule has 0 spiro atoms. The van der Waals surface area contributed by atoms with E-state index in [9.17, 15) is 8.42 Å². The fourth-order valence-electron chi connectivity index (χ4n) is 3.15. The van der Waals surface area contributed by atoms with Crippen LogP contribution in [-0.4, -0.2) is 37.5 Å². The van der Waals surface area contributed by atoms with Gasteiger partial charge in [0.1, 0.15) is 5.69 Å². The van der Waals surface area contributed by atoms with Crippen LogP contribution >= 0.6 is 15.9 Å². The van der Waals surface area contributed by atoms with Gasteiger partial charge in [0.2, 0.25) is 10.0 Å². The number of para-hydroxylation sites is 1. The number of rotatable bonds is 8. The van der Waals surface area contributed by atoms with E-state index in [0.29, 0.717) is 6.54 Å². The largest absolute Gasteiger partial charge is 0.291 e. The van der Waals surface area contributed by atoms with Crippen LogP contribution < -0.4 is 4.72 Å². The molecule has 0 aliphatic carbocycles. The van der Waals surface area contributed by atoms with Crippen molar-refractivity contribution in [2.24, 2.45) is 4.99 Å². The minimum Gasteiger partial charge on any atom is -0.291 e. The van der Waals surface area contributed by atoms with Gasteiger partial charge in [-0.05, 0) is 36.4 Å². The maximum atomic E-state index is 12.3. The third-order valence-corrected chi connectivity index (χ3v) is 6.65. The van der Waals surface area contributed by atoms with E-state index in [-0.39, 0.29) is 11.4 Å². The Hall–Kier alpha value is -3.07. The molecule has 0 atom stereocenters. The number of hydrogen-bond acceptors (Lipinski definition) is 4. The Morgan fingerprint density at radius 3 is 2.41 bits per heavy atom. The molecule has 4 aromatic rings. The molecule has 1 aromatic heterocycles. The van der Waals surface area contributed by atoms with Gasteiger partial charge in [-0.15, -0.1) is 0 Å². The summed E-state index contributed by atoms with van der Waals surface area (Å²) in [6.45, 7) is 0.507. The number of nitrogens with zero attached hydrogens (tertiary/aromatic N) is 3. The standard InChI is InChI=1S/C24H21BrN4O2S/c25-21-9-7-8-19(16-21)24-20(18-29(28-24)22-10-3-1-4-11-22)17-26-14-15-27-32(30,31)23-12-5-2-6-13-23/h1-13,16-18,27H,14-15H2. The van der Waals surface area contributed by atoms with Crippen LogP contribution in [0.5, 0.6) is 0 Å². The zero-order valence-corrected chi connectivity index (χ0v) is 19.5. The van der Waals surface area contributed by atoms with Crippen molar-refractivity contribution in [3.8, 4) is 16.9 Å². The molecule has 1 N–H and O–H groups in total. The molecule has 0 saturated heterocycles. The molecule has 0 saturated carbocycles. The minimum absolute atomic E-state index is 0.201. The van der Waals surface area contributed by atoms with Crippen molar-refractivity contribution in [1.82, 2.24) is 14.5 Å². The highest BCUT2D eigenvalue weighted by Crippen LogP contribution is 2.25. The Morgan fingerprint density at radius 1 is 0.969 bits per heavy atom. The number of halogens is 1. The molecule has 1 heterocycles. The van der Waals surface area contributed by atoms with Crippen molar-refractivity contribution >= 4 is 32.2 Å². The van der Waals surface area contributed by atoms with Crippen LogP contribution in [0.4, 0.5) is 0 Å². The van der Waals surface area contributed by atoms with Crippen LogP contribution in [0.2, 0.25) is 0 Å². The van der Waals surface area contributed by atoms with Crippen molar-refractivity contribution in [2.75, 3.05) is 13.1 Å².